The number of hydrogen-bond acceptors (Lipinski definition) is 3. The van der Waals surface area contributed by atoms with Gasteiger partial charge in [-0.2, -0.15) is 0 Å². The second kappa shape index (κ2) is 6.73. The van der Waals surface area contributed by atoms with Gasteiger partial charge in [-0.05, 0) is 31.2 Å². The molecule has 1 fully saturated rings. The Morgan fingerprint density at radius 2 is 2.17 bits per heavy atom. The van der Waals surface area contributed by atoms with Gasteiger partial charge < -0.3 is 15.7 Å². The number of carbonyl (C=O) groups excluding carboxylic acids is 1. The summed E-state index contributed by atoms with van der Waals surface area (Å²) in [6, 6.07) is -0.665. The smallest absolute Gasteiger partial charge is 0.326 e. The van der Waals surface area contributed by atoms with Crippen LogP contribution in [-0.2, 0) is 9.59 Å². The van der Waals surface area contributed by atoms with Gasteiger partial charge in [0.1, 0.15) is 6.04 Å². The number of amides is 1. The summed E-state index contributed by atoms with van der Waals surface area (Å²) >= 11 is 0. The van der Waals surface area contributed by atoms with E-state index in [1.807, 2.05) is 13.8 Å². The van der Waals surface area contributed by atoms with Gasteiger partial charge in [0.25, 0.3) is 0 Å². The molecule has 1 aliphatic heterocycles. The summed E-state index contributed by atoms with van der Waals surface area (Å²) in [5.74, 6) is -0.773. The van der Waals surface area contributed by atoms with E-state index in [0.717, 1.165) is 19.3 Å². The van der Waals surface area contributed by atoms with Crippen molar-refractivity contribution in [3.05, 3.63) is 0 Å². The first kappa shape index (κ1) is 15.0. The average molecular weight is 256 g/mol. The van der Waals surface area contributed by atoms with Gasteiger partial charge >= 0.3 is 5.97 Å². The van der Waals surface area contributed by atoms with Crippen molar-refractivity contribution in [1.82, 2.24) is 4.90 Å². The maximum absolute atomic E-state index is 12.2. The van der Waals surface area contributed by atoms with Gasteiger partial charge in [-0.3, -0.25) is 4.79 Å². The van der Waals surface area contributed by atoms with Gasteiger partial charge in [-0.15, -0.1) is 0 Å². The lowest BCUT2D eigenvalue weighted by atomic mass is 9.89. The zero-order chi connectivity index (χ0) is 13.7. The molecular weight excluding hydrogens is 232 g/mol. The Kier molecular flexibility index (Phi) is 5.59. The normalized spacial score (nSPS) is 25.8. The van der Waals surface area contributed by atoms with Crippen LogP contribution in [0, 0.1) is 11.8 Å². The maximum atomic E-state index is 12.2. The van der Waals surface area contributed by atoms with Crippen LogP contribution in [-0.4, -0.2) is 41.0 Å². The number of aliphatic carboxylic acids is 1. The summed E-state index contributed by atoms with van der Waals surface area (Å²) < 4.78 is 0. The average Bonchev–Trinajstić information content (AvgIpc) is 2.34. The SMILES string of the molecule is CCC(CN)CC(=O)N1CCCC(C)C1C(=O)O. The van der Waals surface area contributed by atoms with Crippen LogP contribution >= 0.6 is 0 Å². The summed E-state index contributed by atoms with van der Waals surface area (Å²) in [6.45, 7) is 4.93. The third kappa shape index (κ3) is 3.45. The lowest BCUT2D eigenvalue weighted by molar-refractivity contribution is -0.155. The van der Waals surface area contributed by atoms with Gasteiger partial charge in [-0.25, -0.2) is 4.79 Å². The van der Waals surface area contributed by atoms with Crippen molar-refractivity contribution in [2.75, 3.05) is 13.1 Å². The number of hydrogen-bond donors (Lipinski definition) is 2. The van der Waals surface area contributed by atoms with Crippen LogP contribution in [0.3, 0.4) is 0 Å². The van der Waals surface area contributed by atoms with Crippen molar-refractivity contribution in [2.24, 2.45) is 17.6 Å². The molecule has 0 aromatic carbocycles. The number of carboxylic acid groups (broad SMARTS) is 1. The molecule has 5 nitrogen and oxygen atoms in total. The van der Waals surface area contributed by atoms with Crippen molar-refractivity contribution in [1.29, 1.82) is 0 Å². The van der Waals surface area contributed by atoms with Crippen molar-refractivity contribution < 1.29 is 14.7 Å². The molecule has 3 unspecified atom stereocenters. The van der Waals surface area contributed by atoms with Gasteiger partial charge in [0.15, 0.2) is 0 Å². The van der Waals surface area contributed by atoms with Gasteiger partial charge in [-0.1, -0.05) is 20.3 Å². The van der Waals surface area contributed by atoms with Crippen LogP contribution < -0.4 is 5.73 Å². The Labute approximate surface area is 108 Å². The van der Waals surface area contributed by atoms with E-state index in [1.54, 1.807) is 0 Å². The molecule has 0 aromatic rings. The Morgan fingerprint density at radius 3 is 2.67 bits per heavy atom. The van der Waals surface area contributed by atoms with Crippen LogP contribution in [0.15, 0.2) is 0 Å². The molecule has 0 spiro atoms. The van der Waals surface area contributed by atoms with Crippen molar-refractivity contribution >= 4 is 11.9 Å². The molecule has 104 valence electrons. The highest BCUT2D eigenvalue weighted by atomic mass is 16.4. The zero-order valence-electron chi connectivity index (χ0n) is 11.3. The molecule has 18 heavy (non-hydrogen) atoms. The number of nitrogens with zero attached hydrogens (tertiary/aromatic N) is 1. The lowest BCUT2D eigenvalue weighted by Crippen LogP contribution is -2.52. The van der Waals surface area contributed by atoms with E-state index in [0.29, 0.717) is 19.5 Å². The second-order valence-corrected chi connectivity index (χ2v) is 5.20. The van der Waals surface area contributed by atoms with Gasteiger partial charge in [0.05, 0.1) is 0 Å². The quantitative estimate of drug-likeness (QED) is 0.770. The Hall–Kier alpha value is -1.10. The first-order valence-corrected chi connectivity index (χ1v) is 6.73. The van der Waals surface area contributed by atoms with Crippen LogP contribution in [0.25, 0.3) is 0 Å². The molecule has 1 saturated heterocycles. The molecule has 0 radical (unpaired) electrons. The van der Waals surface area contributed by atoms with E-state index in [4.69, 9.17) is 5.73 Å². The van der Waals surface area contributed by atoms with E-state index >= 15 is 0 Å². The standard InChI is InChI=1S/C13H24N2O3/c1-3-10(8-14)7-11(16)15-6-4-5-9(2)12(15)13(17)18/h9-10,12H,3-8,14H2,1-2H3,(H,17,18). The number of piperidine rings is 1. The fourth-order valence-corrected chi connectivity index (χ4v) is 2.60. The highest BCUT2D eigenvalue weighted by molar-refractivity contribution is 5.84. The molecule has 0 aliphatic carbocycles. The van der Waals surface area contributed by atoms with E-state index in [1.165, 1.54) is 4.90 Å². The Bertz CT molecular complexity index is 303. The van der Waals surface area contributed by atoms with Crippen LogP contribution in [0.1, 0.15) is 39.5 Å². The van der Waals surface area contributed by atoms with E-state index in [2.05, 4.69) is 0 Å². The predicted octanol–water partition coefficient (Wildman–Crippen LogP) is 1.07. The summed E-state index contributed by atoms with van der Waals surface area (Å²) in [6.07, 6.45) is 2.97. The summed E-state index contributed by atoms with van der Waals surface area (Å²) in [5, 5.41) is 9.26. The molecule has 1 heterocycles. The topological polar surface area (TPSA) is 83.6 Å². The molecule has 1 amide bonds. The molecular formula is C13H24N2O3. The first-order chi connectivity index (χ1) is 8.51. The largest absolute Gasteiger partial charge is 0.480 e. The minimum Gasteiger partial charge on any atom is -0.480 e. The first-order valence-electron chi connectivity index (χ1n) is 6.73. The molecule has 0 aromatic heterocycles. The number of likely N-dealkylation sites (tertiary alicyclic amines) is 1. The Balaban J connectivity index is 2.72. The minimum atomic E-state index is -0.892. The molecule has 5 heteroatoms. The van der Waals surface area contributed by atoms with E-state index in [-0.39, 0.29) is 17.7 Å². The molecule has 1 rings (SSSR count). The zero-order valence-corrected chi connectivity index (χ0v) is 11.3. The monoisotopic (exact) mass is 256 g/mol. The molecule has 3 N–H and O–H groups in total. The van der Waals surface area contributed by atoms with Crippen molar-refractivity contribution in [2.45, 2.75) is 45.6 Å². The van der Waals surface area contributed by atoms with E-state index in [9.17, 15) is 14.7 Å². The highest BCUT2D eigenvalue weighted by Crippen LogP contribution is 2.25. The third-order valence-corrected chi connectivity index (χ3v) is 3.88. The summed E-state index contributed by atoms with van der Waals surface area (Å²) in [5.41, 5.74) is 5.60. The molecule has 0 saturated carbocycles. The Morgan fingerprint density at radius 1 is 1.50 bits per heavy atom. The summed E-state index contributed by atoms with van der Waals surface area (Å²) in [7, 11) is 0. The lowest BCUT2D eigenvalue weighted by Gasteiger charge is -2.37. The highest BCUT2D eigenvalue weighted by Gasteiger charge is 2.37. The fraction of sp³-hybridized carbons (Fsp3) is 0.846. The van der Waals surface area contributed by atoms with Crippen LogP contribution in [0.5, 0.6) is 0 Å². The number of carboxylic acids is 1. The molecule has 3 atom stereocenters. The maximum Gasteiger partial charge on any atom is 0.326 e. The van der Waals surface area contributed by atoms with Crippen molar-refractivity contribution in [3.8, 4) is 0 Å². The predicted molar refractivity (Wildman–Crippen MR) is 69.0 cm³/mol. The number of rotatable bonds is 5. The van der Waals surface area contributed by atoms with Gasteiger partial charge in [0.2, 0.25) is 5.91 Å². The molecule has 0 bridgehead atoms. The van der Waals surface area contributed by atoms with Gasteiger partial charge in [0, 0.05) is 13.0 Å². The number of nitrogens with two attached hydrogens (primary N) is 1. The van der Waals surface area contributed by atoms with Crippen LogP contribution in [0.4, 0.5) is 0 Å². The van der Waals surface area contributed by atoms with E-state index < -0.39 is 12.0 Å². The van der Waals surface area contributed by atoms with Crippen LogP contribution in [0.2, 0.25) is 0 Å². The van der Waals surface area contributed by atoms with Crippen molar-refractivity contribution in [3.63, 3.8) is 0 Å². The summed E-state index contributed by atoms with van der Waals surface area (Å²) in [4.78, 5) is 25.0. The fourth-order valence-electron chi connectivity index (χ4n) is 2.60. The number of carbonyl (C=O) groups is 2. The minimum absolute atomic E-state index is 0.0261. The third-order valence-electron chi connectivity index (χ3n) is 3.88. The molecule has 1 aliphatic rings. The second-order valence-electron chi connectivity index (χ2n) is 5.20.